The maximum Gasteiger partial charge on any atom is 0.127 e. The Labute approximate surface area is 112 Å². The van der Waals surface area contributed by atoms with Gasteiger partial charge < -0.3 is 4.74 Å². The molecule has 2 aromatic heterocycles. The highest BCUT2D eigenvalue weighted by Crippen LogP contribution is 2.20. The van der Waals surface area contributed by atoms with Crippen LogP contribution >= 0.6 is 11.6 Å². The number of ether oxygens (including phenoxy) is 1. The van der Waals surface area contributed by atoms with Crippen LogP contribution in [0.3, 0.4) is 0 Å². The molecule has 0 amide bonds. The average molecular weight is 263 g/mol. The normalized spacial score (nSPS) is 10.3. The highest BCUT2D eigenvalue weighted by Gasteiger charge is 2.04. The number of alkyl halides is 1. The molecule has 2 heterocycles. The number of hydrogen-bond acceptors (Lipinski definition) is 3. The summed E-state index contributed by atoms with van der Waals surface area (Å²) in [6.07, 6.45) is 4.33. The van der Waals surface area contributed by atoms with Crippen molar-refractivity contribution < 1.29 is 4.74 Å². The van der Waals surface area contributed by atoms with Crippen molar-refractivity contribution in [2.75, 3.05) is 6.61 Å². The Morgan fingerprint density at radius 3 is 2.89 bits per heavy atom. The van der Waals surface area contributed by atoms with E-state index in [1.807, 2.05) is 31.2 Å². The molecule has 0 saturated carbocycles. The van der Waals surface area contributed by atoms with Crippen LogP contribution in [0.5, 0.6) is 5.75 Å². The van der Waals surface area contributed by atoms with Gasteiger partial charge in [-0.05, 0) is 19.1 Å². The molecule has 0 atom stereocenters. The van der Waals surface area contributed by atoms with Crippen LogP contribution in [0.4, 0.5) is 0 Å². The van der Waals surface area contributed by atoms with Gasteiger partial charge in [0.05, 0.1) is 12.5 Å². The summed E-state index contributed by atoms with van der Waals surface area (Å²) in [5.74, 6) is 1.22. The van der Waals surface area contributed by atoms with Crippen LogP contribution in [0.15, 0.2) is 36.7 Å². The molecule has 0 bridgehead atoms. The molecule has 0 spiro atoms. The van der Waals surface area contributed by atoms with Crippen LogP contribution in [0.2, 0.25) is 0 Å². The molecule has 4 heteroatoms. The van der Waals surface area contributed by atoms with Crippen LogP contribution in [0, 0.1) is 6.92 Å². The van der Waals surface area contributed by atoms with Gasteiger partial charge in [0, 0.05) is 41.8 Å². The zero-order chi connectivity index (χ0) is 12.8. The Hall–Kier alpha value is -1.61. The molecule has 0 aromatic carbocycles. The van der Waals surface area contributed by atoms with E-state index >= 15 is 0 Å². The summed E-state index contributed by atoms with van der Waals surface area (Å²) in [4.78, 5) is 8.45. The van der Waals surface area contributed by atoms with Gasteiger partial charge in [0.1, 0.15) is 5.75 Å². The summed E-state index contributed by atoms with van der Waals surface area (Å²) in [6, 6.07) is 7.78. The van der Waals surface area contributed by atoms with E-state index in [9.17, 15) is 0 Å². The lowest BCUT2D eigenvalue weighted by Crippen LogP contribution is -2.04. The highest BCUT2D eigenvalue weighted by molar-refractivity contribution is 6.17. The van der Waals surface area contributed by atoms with Crippen LogP contribution in [-0.4, -0.2) is 16.6 Å². The van der Waals surface area contributed by atoms with Crippen molar-refractivity contribution in [3.63, 3.8) is 0 Å². The predicted octanol–water partition coefficient (Wildman–Crippen LogP) is 3.15. The van der Waals surface area contributed by atoms with Gasteiger partial charge in [-0.1, -0.05) is 6.07 Å². The Kier molecular flexibility index (Phi) is 4.53. The fourth-order valence-corrected chi connectivity index (χ4v) is 1.81. The number of nitrogens with zero attached hydrogens (tertiary/aromatic N) is 2. The number of hydrogen-bond donors (Lipinski definition) is 0. The molecule has 3 nitrogen and oxygen atoms in total. The van der Waals surface area contributed by atoms with Gasteiger partial charge in [0.2, 0.25) is 0 Å². The van der Waals surface area contributed by atoms with E-state index in [0.29, 0.717) is 12.5 Å². The SMILES string of the molecule is Cc1cc(OCCc2ccccn2)c(CCl)cn1. The molecule has 0 aliphatic heterocycles. The lowest BCUT2D eigenvalue weighted by Gasteiger charge is -2.10. The fraction of sp³-hybridized carbons (Fsp3) is 0.286. The molecule has 18 heavy (non-hydrogen) atoms. The summed E-state index contributed by atoms with van der Waals surface area (Å²) in [5.41, 5.74) is 2.87. The first-order valence-electron chi connectivity index (χ1n) is 5.84. The lowest BCUT2D eigenvalue weighted by molar-refractivity contribution is 0.317. The number of aryl methyl sites for hydroxylation is 1. The van der Waals surface area contributed by atoms with E-state index < -0.39 is 0 Å². The van der Waals surface area contributed by atoms with Crippen LogP contribution in [-0.2, 0) is 12.3 Å². The van der Waals surface area contributed by atoms with Crippen molar-refractivity contribution in [3.05, 3.63) is 53.6 Å². The van der Waals surface area contributed by atoms with Crippen LogP contribution in [0.25, 0.3) is 0 Å². The second-order valence-electron chi connectivity index (χ2n) is 3.99. The zero-order valence-corrected chi connectivity index (χ0v) is 11.0. The molecule has 0 saturated heterocycles. The van der Waals surface area contributed by atoms with Gasteiger partial charge in [0.25, 0.3) is 0 Å². The third-order valence-electron chi connectivity index (χ3n) is 2.57. The molecular formula is C14H15ClN2O. The smallest absolute Gasteiger partial charge is 0.127 e. The average Bonchev–Trinajstić information content (AvgIpc) is 2.40. The van der Waals surface area contributed by atoms with Gasteiger partial charge in [-0.2, -0.15) is 0 Å². The number of halogens is 1. The summed E-state index contributed by atoms with van der Waals surface area (Å²) in [5, 5.41) is 0. The van der Waals surface area contributed by atoms with Crippen molar-refractivity contribution in [2.45, 2.75) is 19.2 Å². The quantitative estimate of drug-likeness (QED) is 0.777. The minimum atomic E-state index is 0.409. The minimum Gasteiger partial charge on any atom is -0.493 e. The maximum atomic E-state index is 5.85. The standard InChI is InChI=1S/C14H15ClN2O/c1-11-8-14(12(9-15)10-17-11)18-7-5-13-4-2-3-6-16-13/h2-4,6,8,10H,5,7,9H2,1H3. The van der Waals surface area contributed by atoms with Gasteiger partial charge >= 0.3 is 0 Å². The van der Waals surface area contributed by atoms with Crippen molar-refractivity contribution in [1.82, 2.24) is 9.97 Å². The highest BCUT2D eigenvalue weighted by atomic mass is 35.5. The maximum absolute atomic E-state index is 5.85. The molecular weight excluding hydrogens is 248 g/mol. The van der Waals surface area contributed by atoms with E-state index in [4.69, 9.17) is 16.3 Å². The molecule has 0 unspecified atom stereocenters. The first kappa shape index (κ1) is 12.8. The predicted molar refractivity (Wildman–Crippen MR) is 72.0 cm³/mol. The minimum absolute atomic E-state index is 0.409. The van der Waals surface area contributed by atoms with Gasteiger partial charge in [0.15, 0.2) is 0 Å². The monoisotopic (exact) mass is 262 g/mol. The van der Waals surface area contributed by atoms with Crippen molar-refractivity contribution in [1.29, 1.82) is 0 Å². The topological polar surface area (TPSA) is 35.0 Å². The van der Waals surface area contributed by atoms with E-state index in [-0.39, 0.29) is 0 Å². The Bertz CT molecular complexity index is 502. The van der Waals surface area contributed by atoms with Gasteiger partial charge in [-0.25, -0.2) is 0 Å². The molecule has 0 aliphatic carbocycles. The Morgan fingerprint density at radius 2 is 2.17 bits per heavy atom. The summed E-state index contributed by atoms with van der Waals surface area (Å²) in [7, 11) is 0. The van der Waals surface area contributed by atoms with Crippen molar-refractivity contribution >= 4 is 11.6 Å². The van der Waals surface area contributed by atoms with E-state index in [0.717, 1.165) is 29.1 Å². The summed E-state index contributed by atoms with van der Waals surface area (Å²) >= 11 is 5.85. The number of aromatic nitrogens is 2. The van der Waals surface area contributed by atoms with Crippen LogP contribution in [0.1, 0.15) is 17.0 Å². The van der Waals surface area contributed by atoms with E-state index in [1.165, 1.54) is 0 Å². The Balaban J connectivity index is 1.96. The molecule has 94 valence electrons. The zero-order valence-electron chi connectivity index (χ0n) is 10.3. The second-order valence-corrected chi connectivity index (χ2v) is 4.25. The molecule has 2 aromatic rings. The number of rotatable bonds is 5. The fourth-order valence-electron chi connectivity index (χ4n) is 1.61. The lowest BCUT2D eigenvalue weighted by atomic mass is 10.2. The first-order chi connectivity index (χ1) is 8.79. The Morgan fingerprint density at radius 1 is 1.28 bits per heavy atom. The van der Waals surface area contributed by atoms with Gasteiger partial charge in [-0.3, -0.25) is 9.97 Å². The molecule has 0 radical (unpaired) electrons. The molecule has 0 N–H and O–H groups in total. The third kappa shape index (κ3) is 3.44. The van der Waals surface area contributed by atoms with Gasteiger partial charge in [-0.15, -0.1) is 11.6 Å². The largest absolute Gasteiger partial charge is 0.493 e. The molecule has 0 fully saturated rings. The van der Waals surface area contributed by atoms with Crippen molar-refractivity contribution in [2.24, 2.45) is 0 Å². The summed E-state index contributed by atoms with van der Waals surface area (Å²) < 4.78 is 5.75. The molecule has 0 aliphatic rings. The second kappa shape index (κ2) is 6.36. The van der Waals surface area contributed by atoms with E-state index in [2.05, 4.69) is 9.97 Å². The first-order valence-corrected chi connectivity index (χ1v) is 6.37. The van der Waals surface area contributed by atoms with Crippen LogP contribution < -0.4 is 4.74 Å². The van der Waals surface area contributed by atoms with Crippen molar-refractivity contribution in [3.8, 4) is 5.75 Å². The molecule has 2 rings (SSSR count). The van der Waals surface area contributed by atoms with E-state index in [1.54, 1.807) is 12.4 Å². The third-order valence-corrected chi connectivity index (χ3v) is 2.85. The number of pyridine rings is 2. The summed E-state index contributed by atoms with van der Waals surface area (Å²) in [6.45, 7) is 2.52.